The Hall–Kier alpha value is -1.31. The molecule has 0 aliphatic heterocycles. The van der Waals surface area contributed by atoms with Crippen LogP contribution in [0, 0.1) is 34.5 Å². The van der Waals surface area contributed by atoms with Crippen LogP contribution in [0.4, 0.5) is 0 Å². The summed E-state index contributed by atoms with van der Waals surface area (Å²) in [5.74, 6) is 4.58. The van der Waals surface area contributed by atoms with E-state index in [2.05, 4.69) is 37.2 Å². The van der Waals surface area contributed by atoms with Crippen LogP contribution < -0.4 is 4.74 Å². The van der Waals surface area contributed by atoms with Crippen molar-refractivity contribution in [3.05, 3.63) is 30.1 Å². The first-order valence-electron chi connectivity index (χ1n) is 11.8. The van der Waals surface area contributed by atoms with E-state index in [1.54, 1.807) is 12.7 Å². The highest BCUT2D eigenvalue weighted by atomic mass is 16.5. The van der Waals surface area contributed by atoms with Gasteiger partial charge in [0.1, 0.15) is 5.75 Å². The SMILES string of the molecule is COc1cncc(C2=CCC3C4CCC5CCCCCC5(C)C4CCC23C)c1. The molecular weight excluding hydrogens is 342 g/mol. The zero-order chi connectivity index (χ0) is 19.4. The number of rotatable bonds is 2. The minimum absolute atomic E-state index is 0.323. The van der Waals surface area contributed by atoms with Crippen LogP contribution in [0.1, 0.15) is 83.6 Å². The number of pyridine rings is 1. The van der Waals surface area contributed by atoms with Gasteiger partial charge in [-0.25, -0.2) is 0 Å². The molecule has 1 aromatic heterocycles. The predicted molar refractivity (Wildman–Crippen MR) is 115 cm³/mol. The summed E-state index contributed by atoms with van der Waals surface area (Å²) in [6, 6.07) is 2.20. The molecule has 2 nitrogen and oxygen atoms in total. The zero-order valence-corrected chi connectivity index (χ0v) is 18.0. The highest BCUT2D eigenvalue weighted by Crippen LogP contribution is 2.67. The molecule has 0 N–H and O–H groups in total. The monoisotopic (exact) mass is 379 g/mol. The van der Waals surface area contributed by atoms with Crippen LogP contribution in [0.25, 0.3) is 5.57 Å². The van der Waals surface area contributed by atoms with E-state index < -0.39 is 0 Å². The fourth-order valence-corrected chi connectivity index (χ4v) is 8.16. The fourth-order valence-electron chi connectivity index (χ4n) is 8.16. The number of methoxy groups -OCH3 is 1. The number of nitrogens with zero attached hydrogens (tertiary/aromatic N) is 1. The lowest BCUT2D eigenvalue weighted by molar-refractivity contribution is -0.0808. The minimum atomic E-state index is 0.323. The van der Waals surface area contributed by atoms with Crippen molar-refractivity contribution in [2.24, 2.45) is 34.5 Å². The lowest BCUT2D eigenvalue weighted by Crippen LogP contribution is -2.51. The Morgan fingerprint density at radius 2 is 1.86 bits per heavy atom. The van der Waals surface area contributed by atoms with Gasteiger partial charge in [0.25, 0.3) is 0 Å². The van der Waals surface area contributed by atoms with Crippen molar-refractivity contribution in [3.8, 4) is 5.75 Å². The van der Waals surface area contributed by atoms with Crippen LogP contribution in [0.5, 0.6) is 5.75 Å². The zero-order valence-electron chi connectivity index (χ0n) is 18.0. The van der Waals surface area contributed by atoms with E-state index in [1.807, 2.05) is 6.20 Å². The number of aromatic nitrogens is 1. The van der Waals surface area contributed by atoms with Gasteiger partial charge in [0, 0.05) is 6.20 Å². The molecule has 152 valence electrons. The van der Waals surface area contributed by atoms with Gasteiger partial charge >= 0.3 is 0 Å². The normalized spacial score (nSPS) is 42.6. The van der Waals surface area contributed by atoms with Crippen LogP contribution in [0.15, 0.2) is 24.5 Å². The third-order valence-corrected chi connectivity index (χ3v) is 9.67. The minimum Gasteiger partial charge on any atom is -0.495 e. The molecule has 0 bridgehead atoms. The Balaban J connectivity index is 1.44. The first-order chi connectivity index (χ1) is 13.6. The summed E-state index contributed by atoms with van der Waals surface area (Å²) in [4.78, 5) is 4.46. The Labute approximate surface area is 171 Å². The van der Waals surface area contributed by atoms with Gasteiger partial charge in [-0.05, 0) is 96.7 Å². The summed E-state index contributed by atoms with van der Waals surface area (Å²) in [5.41, 5.74) is 3.78. The number of hydrogen-bond acceptors (Lipinski definition) is 2. The molecule has 1 heterocycles. The second-order valence-corrected chi connectivity index (χ2v) is 10.7. The molecule has 6 atom stereocenters. The van der Waals surface area contributed by atoms with Gasteiger partial charge in [0.05, 0.1) is 13.3 Å². The van der Waals surface area contributed by atoms with E-state index >= 15 is 0 Å². The predicted octanol–water partition coefficient (Wildman–Crippen LogP) is 6.91. The van der Waals surface area contributed by atoms with Gasteiger partial charge in [-0.2, -0.15) is 0 Å². The fraction of sp³-hybridized carbons (Fsp3) is 0.731. The van der Waals surface area contributed by atoms with E-state index in [-0.39, 0.29) is 0 Å². The third-order valence-electron chi connectivity index (χ3n) is 9.67. The molecule has 28 heavy (non-hydrogen) atoms. The molecule has 3 fully saturated rings. The average molecular weight is 380 g/mol. The molecule has 0 spiro atoms. The van der Waals surface area contributed by atoms with E-state index in [1.165, 1.54) is 69.8 Å². The molecule has 0 saturated heterocycles. The lowest BCUT2D eigenvalue weighted by Gasteiger charge is -2.59. The first-order valence-corrected chi connectivity index (χ1v) is 11.8. The summed E-state index contributed by atoms with van der Waals surface area (Å²) in [7, 11) is 1.74. The Morgan fingerprint density at radius 1 is 0.964 bits per heavy atom. The van der Waals surface area contributed by atoms with Gasteiger partial charge in [0.15, 0.2) is 0 Å². The Kier molecular flexibility index (Phi) is 4.60. The number of fused-ring (bicyclic) bond motifs is 5. The summed E-state index contributed by atoms with van der Waals surface area (Å²) in [5, 5.41) is 0. The first kappa shape index (κ1) is 18.7. The second kappa shape index (κ2) is 6.89. The van der Waals surface area contributed by atoms with Crippen molar-refractivity contribution >= 4 is 5.57 Å². The molecular formula is C26H37NO. The molecule has 5 rings (SSSR count). The number of allylic oxidation sites excluding steroid dienone is 2. The maximum atomic E-state index is 5.46. The lowest BCUT2D eigenvalue weighted by atomic mass is 9.46. The van der Waals surface area contributed by atoms with Crippen molar-refractivity contribution in [1.29, 1.82) is 0 Å². The Morgan fingerprint density at radius 3 is 2.71 bits per heavy atom. The molecule has 3 saturated carbocycles. The molecule has 0 amide bonds. The van der Waals surface area contributed by atoms with Crippen LogP contribution in [0.2, 0.25) is 0 Å². The maximum absolute atomic E-state index is 5.46. The number of hydrogen-bond donors (Lipinski definition) is 0. The van der Waals surface area contributed by atoms with Crippen molar-refractivity contribution in [2.45, 2.75) is 78.1 Å². The van der Waals surface area contributed by atoms with Gasteiger partial charge < -0.3 is 4.74 Å². The Bertz CT molecular complexity index is 769. The van der Waals surface area contributed by atoms with E-state index in [0.717, 1.165) is 29.4 Å². The standard InChI is InChI=1S/C26H37NO/c1-25-13-6-4-5-7-19(25)8-9-21-23-11-10-22(26(23,2)14-12-24(21)25)18-15-20(28-3)17-27-16-18/h10,15-17,19,21,23-24H,4-9,11-14H2,1-3H3. The largest absolute Gasteiger partial charge is 0.495 e. The van der Waals surface area contributed by atoms with Crippen molar-refractivity contribution < 1.29 is 4.74 Å². The number of ether oxygens (including phenoxy) is 1. The molecule has 0 radical (unpaired) electrons. The van der Waals surface area contributed by atoms with Gasteiger partial charge in [-0.3, -0.25) is 4.98 Å². The highest BCUT2D eigenvalue weighted by molar-refractivity contribution is 5.73. The van der Waals surface area contributed by atoms with Gasteiger partial charge in [-0.15, -0.1) is 0 Å². The molecule has 4 aliphatic carbocycles. The van der Waals surface area contributed by atoms with Crippen molar-refractivity contribution in [3.63, 3.8) is 0 Å². The van der Waals surface area contributed by atoms with E-state index in [9.17, 15) is 0 Å². The highest BCUT2D eigenvalue weighted by Gasteiger charge is 2.57. The van der Waals surface area contributed by atoms with Crippen LogP contribution in [0.3, 0.4) is 0 Å². The topological polar surface area (TPSA) is 22.1 Å². The summed E-state index contributed by atoms with van der Waals surface area (Å²) < 4.78 is 5.46. The van der Waals surface area contributed by atoms with Crippen molar-refractivity contribution in [2.75, 3.05) is 7.11 Å². The van der Waals surface area contributed by atoms with Crippen LogP contribution >= 0.6 is 0 Å². The molecule has 2 heteroatoms. The van der Waals surface area contributed by atoms with Crippen LogP contribution in [-0.2, 0) is 0 Å². The summed E-state index contributed by atoms with van der Waals surface area (Å²) >= 11 is 0. The summed E-state index contributed by atoms with van der Waals surface area (Å²) in [6.07, 6.45) is 20.9. The van der Waals surface area contributed by atoms with E-state index in [0.29, 0.717) is 10.8 Å². The summed E-state index contributed by atoms with van der Waals surface area (Å²) in [6.45, 7) is 5.26. The molecule has 4 aliphatic rings. The average Bonchev–Trinajstić information content (AvgIpc) is 2.94. The molecule has 0 aromatic carbocycles. The maximum Gasteiger partial charge on any atom is 0.137 e. The van der Waals surface area contributed by atoms with Gasteiger partial charge in [0.2, 0.25) is 0 Å². The van der Waals surface area contributed by atoms with Gasteiger partial charge in [-0.1, -0.05) is 39.2 Å². The van der Waals surface area contributed by atoms with E-state index in [4.69, 9.17) is 4.74 Å². The quantitative estimate of drug-likeness (QED) is 0.557. The molecule has 6 unspecified atom stereocenters. The molecule has 1 aromatic rings. The van der Waals surface area contributed by atoms with Crippen molar-refractivity contribution in [1.82, 2.24) is 4.98 Å². The second-order valence-electron chi connectivity index (χ2n) is 10.7. The smallest absolute Gasteiger partial charge is 0.137 e. The third kappa shape index (κ3) is 2.70. The van der Waals surface area contributed by atoms with Crippen LogP contribution in [-0.4, -0.2) is 12.1 Å².